The van der Waals surface area contributed by atoms with Crippen LogP contribution in [0.15, 0.2) is 85.2 Å². The number of esters is 2. The van der Waals surface area contributed by atoms with E-state index in [9.17, 15) is 9.59 Å². The van der Waals surface area contributed by atoms with Crippen molar-refractivity contribution in [1.82, 2.24) is 4.98 Å². The van der Waals surface area contributed by atoms with E-state index in [-0.39, 0.29) is 12.8 Å². The molecule has 3 aromatic carbocycles. The number of aromatic nitrogens is 1. The fourth-order valence-corrected chi connectivity index (χ4v) is 4.08. The first-order valence-electron chi connectivity index (χ1n) is 11.1. The standard InChI is InChI=1S/C29H24ClNO4/c1-19-3-5-20(6-4-19)26-9-7-24(30)15-22(26)17-28(32)35-29(33)18-23-16-25(34-2)8-10-27(23)21-11-13-31-14-12-21/h3-16H,17-18H2,1-2H3. The summed E-state index contributed by atoms with van der Waals surface area (Å²) in [6.45, 7) is 2.01. The molecule has 0 radical (unpaired) electrons. The van der Waals surface area contributed by atoms with Crippen LogP contribution in [0, 0.1) is 6.92 Å². The highest BCUT2D eigenvalue weighted by Gasteiger charge is 2.18. The summed E-state index contributed by atoms with van der Waals surface area (Å²) in [5.41, 5.74) is 6.09. The molecule has 176 valence electrons. The van der Waals surface area contributed by atoms with Crippen LogP contribution in [0.3, 0.4) is 0 Å². The van der Waals surface area contributed by atoms with Crippen molar-refractivity contribution < 1.29 is 19.1 Å². The number of pyridine rings is 1. The Kier molecular flexibility index (Phi) is 7.58. The Labute approximate surface area is 209 Å². The second-order valence-corrected chi connectivity index (χ2v) is 8.56. The van der Waals surface area contributed by atoms with Gasteiger partial charge in [0, 0.05) is 17.4 Å². The minimum absolute atomic E-state index is 0.0785. The molecule has 6 heteroatoms. The molecule has 0 aliphatic carbocycles. The molecule has 1 aromatic heterocycles. The van der Waals surface area contributed by atoms with Crippen LogP contribution in [0.5, 0.6) is 5.75 Å². The summed E-state index contributed by atoms with van der Waals surface area (Å²) in [4.78, 5) is 29.5. The van der Waals surface area contributed by atoms with Crippen LogP contribution in [0.2, 0.25) is 5.02 Å². The smallest absolute Gasteiger partial charge is 0.317 e. The van der Waals surface area contributed by atoms with Crippen LogP contribution in [0.4, 0.5) is 0 Å². The van der Waals surface area contributed by atoms with Gasteiger partial charge < -0.3 is 9.47 Å². The van der Waals surface area contributed by atoms with E-state index in [1.807, 2.05) is 61.5 Å². The van der Waals surface area contributed by atoms with Gasteiger partial charge in [-0.05, 0) is 76.7 Å². The van der Waals surface area contributed by atoms with E-state index in [0.717, 1.165) is 27.8 Å². The van der Waals surface area contributed by atoms with Gasteiger partial charge in [0.2, 0.25) is 0 Å². The van der Waals surface area contributed by atoms with Crippen molar-refractivity contribution in [1.29, 1.82) is 0 Å². The lowest BCUT2D eigenvalue weighted by molar-refractivity contribution is -0.158. The van der Waals surface area contributed by atoms with Crippen LogP contribution in [-0.2, 0) is 27.2 Å². The zero-order valence-corrected chi connectivity index (χ0v) is 20.2. The number of halogens is 1. The number of aryl methyl sites for hydroxylation is 1. The second-order valence-electron chi connectivity index (χ2n) is 8.13. The summed E-state index contributed by atoms with van der Waals surface area (Å²) in [5, 5.41) is 0.508. The molecular formula is C29H24ClNO4. The Balaban J connectivity index is 1.51. The summed E-state index contributed by atoms with van der Waals surface area (Å²) in [6.07, 6.45) is 3.20. The van der Waals surface area contributed by atoms with Gasteiger partial charge in [-0.2, -0.15) is 0 Å². The lowest BCUT2D eigenvalue weighted by Crippen LogP contribution is -2.17. The molecule has 0 atom stereocenters. The Morgan fingerprint density at radius 1 is 0.771 bits per heavy atom. The fourth-order valence-electron chi connectivity index (χ4n) is 3.89. The quantitative estimate of drug-likeness (QED) is 0.229. The third-order valence-electron chi connectivity index (χ3n) is 5.63. The number of methoxy groups -OCH3 is 1. The topological polar surface area (TPSA) is 65.5 Å². The minimum atomic E-state index is -0.641. The minimum Gasteiger partial charge on any atom is -0.497 e. The normalized spacial score (nSPS) is 10.6. The van der Waals surface area contributed by atoms with Crippen LogP contribution >= 0.6 is 11.6 Å². The van der Waals surface area contributed by atoms with E-state index in [1.54, 1.807) is 37.7 Å². The predicted octanol–water partition coefficient (Wildman–Crippen LogP) is 6.24. The van der Waals surface area contributed by atoms with Crippen LogP contribution < -0.4 is 4.74 Å². The van der Waals surface area contributed by atoms with E-state index in [0.29, 0.717) is 21.9 Å². The Morgan fingerprint density at radius 2 is 1.34 bits per heavy atom. The number of ether oxygens (including phenoxy) is 2. The summed E-state index contributed by atoms with van der Waals surface area (Å²) >= 11 is 6.19. The molecule has 0 fully saturated rings. The lowest BCUT2D eigenvalue weighted by Gasteiger charge is -2.12. The summed E-state index contributed by atoms with van der Waals surface area (Å²) in [5.74, 6) is -0.671. The van der Waals surface area contributed by atoms with Crippen molar-refractivity contribution in [3.63, 3.8) is 0 Å². The van der Waals surface area contributed by atoms with E-state index < -0.39 is 11.9 Å². The molecule has 0 unspecified atom stereocenters. The van der Waals surface area contributed by atoms with E-state index in [1.165, 1.54) is 0 Å². The molecule has 0 N–H and O–H groups in total. The number of hydrogen-bond acceptors (Lipinski definition) is 5. The maximum Gasteiger partial charge on any atom is 0.317 e. The average Bonchev–Trinajstić information content (AvgIpc) is 2.85. The van der Waals surface area contributed by atoms with Gasteiger partial charge in [-0.1, -0.05) is 53.6 Å². The highest BCUT2D eigenvalue weighted by molar-refractivity contribution is 6.30. The third-order valence-corrected chi connectivity index (χ3v) is 5.87. The van der Waals surface area contributed by atoms with E-state index >= 15 is 0 Å². The summed E-state index contributed by atoms with van der Waals surface area (Å²) in [6, 6.07) is 22.5. The monoisotopic (exact) mass is 485 g/mol. The molecule has 35 heavy (non-hydrogen) atoms. The summed E-state index contributed by atoms with van der Waals surface area (Å²) < 4.78 is 10.5. The Bertz CT molecular complexity index is 1350. The first-order valence-corrected chi connectivity index (χ1v) is 11.5. The van der Waals surface area contributed by atoms with Crippen molar-refractivity contribution in [2.75, 3.05) is 7.11 Å². The molecule has 5 nitrogen and oxygen atoms in total. The van der Waals surface area contributed by atoms with Gasteiger partial charge >= 0.3 is 11.9 Å². The average molecular weight is 486 g/mol. The number of carbonyl (C=O) groups excluding carboxylic acids is 2. The van der Waals surface area contributed by atoms with Gasteiger partial charge in [-0.25, -0.2) is 0 Å². The Hall–Kier alpha value is -3.96. The van der Waals surface area contributed by atoms with E-state index in [4.69, 9.17) is 21.1 Å². The molecular weight excluding hydrogens is 462 g/mol. The van der Waals surface area contributed by atoms with Crippen molar-refractivity contribution >= 4 is 23.5 Å². The molecule has 0 spiro atoms. The first kappa shape index (κ1) is 24.2. The van der Waals surface area contributed by atoms with Gasteiger partial charge in [-0.3, -0.25) is 14.6 Å². The van der Waals surface area contributed by atoms with Crippen molar-refractivity contribution in [2.24, 2.45) is 0 Å². The number of hydrogen-bond donors (Lipinski definition) is 0. The second kappa shape index (κ2) is 11.0. The largest absolute Gasteiger partial charge is 0.497 e. The maximum atomic E-state index is 12.7. The van der Waals surface area contributed by atoms with Gasteiger partial charge in [-0.15, -0.1) is 0 Å². The zero-order chi connectivity index (χ0) is 24.8. The van der Waals surface area contributed by atoms with Crippen molar-refractivity contribution in [2.45, 2.75) is 19.8 Å². The first-order chi connectivity index (χ1) is 16.9. The van der Waals surface area contributed by atoms with Gasteiger partial charge in [0.1, 0.15) is 5.75 Å². The van der Waals surface area contributed by atoms with Crippen LogP contribution in [0.1, 0.15) is 16.7 Å². The molecule has 4 rings (SSSR count). The SMILES string of the molecule is COc1ccc(-c2ccncc2)c(CC(=O)OC(=O)Cc2cc(Cl)ccc2-c2ccc(C)cc2)c1. The number of rotatable bonds is 7. The number of benzene rings is 3. The number of nitrogens with zero attached hydrogens (tertiary/aromatic N) is 1. The number of carbonyl (C=O) groups is 2. The predicted molar refractivity (Wildman–Crippen MR) is 136 cm³/mol. The maximum absolute atomic E-state index is 12.7. The Morgan fingerprint density at radius 3 is 1.97 bits per heavy atom. The molecule has 0 saturated heterocycles. The summed E-state index contributed by atoms with van der Waals surface area (Å²) in [7, 11) is 1.56. The molecule has 0 amide bonds. The third kappa shape index (κ3) is 6.14. The van der Waals surface area contributed by atoms with Crippen molar-refractivity contribution in [3.05, 3.63) is 107 Å². The molecule has 0 bridgehead atoms. The highest BCUT2D eigenvalue weighted by atomic mass is 35.5. The van der Waals surface area contributed by atoms with Crippen molar-refractivity contribution in [3.8, 4) is 28.0 Å². The molecule has 0 aliphatic heterocycles. The van der Waals surface area contributed by atoms with Crippen LogP contribution in [0.25, 0.3) is 22.3 Å². The molecule has 0 saturated carbocycles. The molecule has 4 aromatic rings. The van der Waals surface area contributed by atoms with Crippen LogP contribution in [-0.4, -0.2) is 24.0 Å². The fraction of sp³-hybridized carbons (Fsp3) is 0.138. The van der Waals surface area contributed by atoms with Gasteiger partial charge in [0.15, 0.2) is 0 Å². The van der Waals surface area contributed by atoms with Gasteiger partial charge in [0.05, 0.1) is 20.0 Å². The lowest BCUT2D eigenvalue weighted by atomic mass is 9.97. The molecule has 1 heterocycles. The highest BCUT2D eigenvalue weighted by Crippen LogP contribution is 2.29. The van der Waals surface area contributed by atoms with Gasteiger partial charge in [0.25, 0.3) is 0 Å². The molecule has 0 aliphatic rings. The zero-order valence-electron chi connectivity index (χ0n) is 19.5. The van der Waals surface area contributed by atoms with E-state index in [2.05, 4.69) is 4.98 Å².